The molecule has 0 aliphatic heterocycles. The number of aromatic nitrogens is 2. The Morgan fingerprint density at radius 3 is 2.83 bits per heavy atom. The van der Waals surface area contributed by atoms with Crippen molar-refractivity contribution < 1.29 is 4.39 Å². The van der Waals surface area contributed by atoms with Gasteiger partial charge in [0.1, 0.15) is 5.82 Å². The van der Waals surface area contributed by atoms with Crippen LogP contribution in [0.25, 0.3) is 11.0 Å². The van der Waals surface area contributed by atoms with E-state index >= 15 is 0 Å². The minimum absolute atomic E-state index is 0.234. The van der Waals surface area contributed by atoms with Crippen LogP contribution in [-0.4, -0.2) is 9.55 Å². The van der Waals surface area contributed by atoms with Crippen molar-refractivity contribution >= 4 is 17.0 Å². The van der Waals surface area contributed by atoms with Crippen LogP contribution in [0.5, 0.6) is 0 Å². The second-order valence-electron chi connectivity index (χ2n) is 5.40. The zero-order valence-corrected chi connectivity index (χ0v) is 10.6. The number of nitrogens with zero attached hydrogens (tertiary/aromatic N) is 2. The Hall–Kier alpha value is -1.58. The molecule has 96 valence electrons. The molecule has 1 saturated carbocycles. The Balaban J connectivity index is 2.05. The minimum Gasteiger partial charge on any atom is -0.369 e. The lowest BCUT2D eigenvalue weighted by Crippen LogP contribution is -2.33. The Labute approximate surface area is 106 Å². The van der Waals surface area contributed by atoms with Gasteiger partial charge in [-0.05, 0) is 42.9 Å². The molecular formula is C14H18FN3. The average molecular weight is 247 g/mol. The molecule has 0 unspecified atom stereocenters. The van der Waals surface area contributed by atoms with E-state index in [1.54, 1.807) is 6.07 Å². The average Bonchev–Trinajstić information content (AvgIpc) is 2.60. The van der Waals surface area contributed by atoms with E-state index in [0.29, 0.717) is 11.4 Å². The number of hydrogen-bond donors (Lipinski definition) is 1. The number of anilines is 1. The van der Waals surface area contributed by atoms with Crippen molar-refractivity contribution in [3.63, 3.8) is 0 Å². The molecule has 0 radical (unpaired) electrons. The second kappa shape index (κ2) is 3.97. The smallest absolute Gasteiger partial charge is 0.201 e. The minimum atomic E-state index is -0.234. The highest BCUT2D eigenvalue weighted by atomic mass is 19.1. The van der Waals surface area contributed by atoms with Gasteiger partial charge in [0.2, 0.25) is 5.95 Å². The van der Waals surface area contributed by atoms with Crippen molar-refractivity contribution in [3.8, 4) is 0 Å². The fourth-order valence-electron chi connectivity index (χ4n) is 2.92. The molecule has 3 nitrogen and oxygen atoms in total. The van der Waals surface area contributed by atoms with Gasteiger partial charge in [0.25, 0.3) is 0 Å². The van der Waals surface area contributed by atoms with Crippen molar-refractivity contribution in [2.45, 2.75) is 39.2 Å². The molecule has 0 spiro atoms. The summed E-state index contributed by atoms with van der Waals surface area (Å²) in [4.78, 5) is 4.31. The molecule has 4 heteroatoms. The zero-order chi connectivity index (χ0) is 12.8. The number of nitrogens with two attached hydrogens (primary N) is 1. The topological polar surface area (TPSA) is 43.8 Å². The van der Waals surface area contributed by atoms with Crippen LogP contribution in [0.4, 0.5) is 10.3 Å². The molecule has 0 atom stereocenters. The molecule has 18 heavy (non-hydrogen) atoms. The van der Waals surface area contributed by atoms with Crippen LogP contribution >= 0.6 is 0 Å². The first-order chi connectivity index (χ1) is 8.63. The fourth-order valence-corrected chi connectivity index (χ4v) is 2.92. The molecule has 2 aromatic rings. The molecule has 1 aromatic carbocycles. The monoisotopic (exact) mass is 247 g/mol. The van der Waals surface area contributed by atoms with Crippen LogP contribution in [0, 0.1) is 11.2 Å². The summed E-state index contributed by atoms with van der Waals surface area (Å²) in [5, 5.41) is 0. The highest BCUT2D eigenvalue weighted by Gasteiger charge is 2.36. The van der Waals surface area contributed by atoms with E-state index in [1.165, 1.54) is 31.4 Å². The van der Waals surface area contributed by atoms with Gasteiger partial charge in [-0.1, -0.05) is 13.3 Å². The molecule has 0 saturated heterocycles. The molecule has 0 amide bonds. The van der Waals surface area contributed by atoms with Gasteiger partial charge in [-0.3, -0.25) is 0 Å². The maximum absolute atomic E-state index is 13.4. The van der Waals surface area contributed by atoms with Crippen LogP contribution in [-0.2, 0) is 6.54 Å². The summed E-state index contributed by atoms with van der Waals surface area (Å²) in [5.74, 6) is 0.262. The SMILES string of the molecule is CCC1(Cn2c(N)nc3ccc(F)cc32)CCC1. The van der Waals surface area contributed by atoms with Gasteiger partial charge < -0.3 is 10.3 Å². The number of nitrogen functional groups attached to an aromatic ring is 1. The molecular weight excluding hydrogens is 229 g/mol. The van der Waals surface area contributed by atoms with E-state index in [2.05, 4.69) is 11.9 Å². The van der Waals surface area contributed by atoms with Crippen LogP contribution < -0.4 is 5.73 Å². The Bertz CT molecular complexity index is 578. The van der Waals surface area contributed by atoms with E-state index in [4.69, 9.17) is 5.73 Å². The summed E-state index contributed by atoms with van der Waals surface area (Å²) in [5.41, 5.74) is 7.90. The number of fused-ring (bicyclic) bond motifs is 1. The quantitative estimate of drug-likeness (QED) is 0.904. The Kier molecular flexibility index (Phi) is 2.54. The number of benzene rings is 1. The third-order valence-corrected chi connectivity index (χ3v) is 4.40. The highest BCUT2D eigenvalue weighted by Crippen LogP contribution is 2.46. The normalized spacial score (nSPS) is 17.9. The number of imidazole rings is 1. The van der Waals surface area contributed by atoms with Crippen molar-refractivity contribution in [3.05, 3.63) is 24.0 Å². The predicted octanol–water partition coefficient (Wildman–Crippen LogP) is 3.34. The van der Waals surface area contributed by atoms with Gasteiger partial charge in [-0.25, -0.2) is 9.37 Å². The summed E-state index contributed by atoms with van der Waals surface area (Å²) in [6.07, 6.45) is 4.89. The van der Waals surface area contributed by atoms with E-state index < -0.39 is 0 Å². The maximum Gasteiger partial charge on any atom is 0.201 e. The first kappa shape index (κ1) is 11.5. The molecule has 3 rings (SSSR count). The lowest BCUT2D eigenvalue weighted by Gasteiger charge is -2.41. The van der Waals surface area contributed by atoms with E-state index in [1.807, 2.05) is 4.57 Å². The third kappa shape index (κ3) is 1.67. The third-order valence-electron chi connectivity index (χ3n) is 4.40. The van der Waals surface area contributed by atoms with E-state index in [0.717, 1.165) is 24.0 Å². The summed E-state index contributed by atoms with van der Waals surface area (Å²) < 4.78 is 15.3. The molecule has 1 aliphatic rings. The summed E-state index contributed by atoms with van der Waals surface area (Å²) in [7, 11) is 0. The van der Waals surface area contributed by atoms with E-state index in [-0.39, 0.29) is 5.82 Å². The number of rotatable bonds is 3. The predicted molar refractivity (Wildman–Crippen MR) is 70.7 cm³/mol. The first-order valence-corrected chi connectivity index (χ1v) is 6.55. The van der Waals surface area contributed by atoms with Gasteiger partial charge in [0, 0.05) is 6.54 Å². The van der Waals surface area contributed by atoms with Gasteiger partial charge in [0.05, 0.1) is 11.0 Å². The van der Waals surface area contributed by atoms with Gasteiger partial charge in [-0.15, -0.1) is 0 Å². The fraction of sp³-hybridized carbons (Fsp3) is 0.500. The van der Waals surface area contributed by atoms with Crippen LogP contribution in [0.1, 0.15) is 32.6 Å². The summed E-state index contributed by atoms with van der Waals surface area (Å²) >= 11 is 0. The molecule has 1 fully saturated rings. The number of halogens is 1. The largest absolute Gasteiger partial charge is 0.369 e. The van der Waals surface area contributed by atoms with Crippen molar-refractivity contribution in [2.75, 3.05) is 5.73 Å². The first-order valence-electron chi connectivity index (χ1n) is 6.55. The molecule has 1 aliphatic carbocycles. The second-order valence-corrected chi connectivity index (χ2v) is 5.40. The Morgan fingerprint density at radius 2 is 2.22 bits per heavy atom. The summed E-state index contributed by atoms with van der Waals surface area (Å²) in [6, 6.07) is 4.65. The lowest BCUT2D eigenvalue weighted by molar-refractivity contribution is 0.103. The highest BCUT2D eigenvalue weighted by molar-refractivity contribution is 5.78. The maximum atomic E-state index is 13.4. The van der Waals surface area contributed by atoms with Gasteiger partial charge in [0.15, 0.2) is 0 Å². The van der Waals surface area contributed by atoms with Crippen molar-refractivity contribution in [1.82, 2.24) is 9.55 Å². The molecule has 1 aromatic heterocycles. The molecule has 1 heterocycles. The van der Waals surface area contributed by atoms with Crippen LogP contribution in [0.2, 0.25) is 0 Å². The Morgan fingerprint density at radius 1 is 1.44 bits per heavy atom. The lowest BCUT2D eigenvalue weighted by atomic mass is 9.67. The van der Waals surface area contributed by atoms with Crippen molar-refractivity contribution in [1.29, 1.82) is 0 Å². The van der Waals surface area contributed by atoms with E-state index in [9.17, 15) is 4.39 Å². The zero-order valence-electron chi connectivity index (χ0n) is 10.6. The molecule has 0 bridgehead atoms. The van der Waals surface area contributed by atoms with Gasteiger partial charge >= 0.3 is 0 Å². The molecule has 2 N–H and O–H groups in total. The van der Waals surface area contributed by atoms with Gasteiger partial charge in [-0.2, -0.15) is 0 Å². The van der Waals surface area contributed by atoms with Crippen LogP contribution in [0.15, 0.2) is 18.2 Å². The number of hydrogen-bond acceptors (Lipinski definition) is 2. The van der Waals surface area contributed by atoms with Crippen LogP contribution in [0.3, 0.4) is 0 Å². The van der Waals surface area contributed by atoms with Crippen molar-refractivity contribution in [2.24, 2.45) is 5.41 Å². The summed E-state index contributed by atoms with van der Waals surface area (Å²) in [6.45, 7) is 3.07. The standard InChI is InChI=1S/C14H18FN3/c1-2-14(6-3-7-14)9-18-12-8-10(15)4-5-11(12)17-13(18)16/h4-5,8H,2-3,6-7,9H2,1H3,(H2,16,17).